The Bertz CT molecular complexity index is 390. The number of hydrogen-bond acceptors (Lipinski definition) is 2. The summed E-state index contributed by atoms with van der Waals surface area (Å²) in [5, 5.41) is 18.7. The molecule has 15 heavy (non-hydrogen) atoms. The molecule has 0 radical (unpaired) electrons. The van der Waals surface area contributed by atoms with Gasteiger partial charge >= 0.3 is 5.97 Å². The van der Waals surface area contributed by atoms with Crippen molar-refractivity contribution in [3.05, 3.63) is 28.2 Å². The van der Waals surface area contributed by atoms with Gasteiger partial charge in [-0.3, -0.25) is 4.79 Å². The molecule has 0 heterocycles. The number of aromatic hydroxyl groups is 1. The quantitative estimate of drug-likeness (QED) is 0.888. The van der Waals surface area contributed by atoms with E-state index < -0.39 is 11.4 Å². The molecule has 0 aliphatic heterocycles. The third-order valence-corrected chi connectivity index (χ3v) is 3.66. The minimum Gasteiger partial charge on any atom is -0.508 e. The number of hydrogen-bond donors (Lipinski definition) is 2. The number of phenolic OH excluding ortho intramolecular Hbond substituents is 1. The highest BCUT2D eigenvalue weighted by molar-refractivity contribution is 9.10. The maximum absolute atomic E-state index is 11.0. The Labute approximate surface area is 95.9 Å². The molecule has 0 amide bonds. The minimum atomic E-state index is -0.766. The molecule has 0 bridgehead atoms. The molecule has 1 aliphatic rings. The molecule has 0 atom stereocenters. The maximum atomic E-state index is 11.0. The summed E-state index contributed by atoms with van der Waals surface area (Å²) in [5.74, 6) is -0.602. The van der Waals surface area contributed by atoms with Gasteiger partial charge in [0.25, 0.3) is 0 Å². The summed E-state index contributed by atoms with van der Waals surface area (Å²) in [5.41, 5.74) is 0.0545. The Morgan fingerprint density at radius 2 is 2.13 bits per heavy atom. The summed E-state index contributed by atoms with van der Waals surface area (Å²) < 4.78 is 0.773. The predicted octanol–water partition coefficient (Wildman–Crippen LogP) is 2.56. The Morgan fingerprint density at radius 3 is 2.60 bits per heavy atom. The second-order valence-corrected chi connectivity index (χ2v) is 4.85. The van der Waals surface area contributed by atoms with Crippen molar-refractivity contribution in [1.82, 2.24) is 0 Å². The number of halogens is 1. The van der Waals surface area contributed by atoms with Gasteiger partial charge in [0.2, 0.25) is 0 Å². The zero-order valence-electron chi connectivity index (χ0n) is 8.03. The predicted molar refractivity (Wildman–Crippen MR) is 58.8 cm³/mol. The van der Waals surface area contributed by atoms with E-state index >= 15 is 0 Å². The Morgan fingerprint density at radius 1 is 1.47 bits per heavy atom. The van der Waals surface area contributed by atoms with Crippen LogP contribution in [0.2, 0.25) is 0 Å². The average molecular weight is 271 g/mol. The van der Waals surface area contributed by atoms with Crippen LogP contribution in [0.5, 0.6) is 5.75 Å². The van der Waals surface area contributed by atoms with Crippen molar-refractivity contribution in [1.29, 1.82) is 0 Å². The lowest BCUT2D eigenvalue weighted by atomic mass is 9.96. The van der Waals surface area contributed by atoms with Gasteiger partial charge in [0.1, 0.15) is 5.75 Å². The van der Waals surface area contributed by atoms with Crippen LogP contribution in [-0.4, -0.2) is 16.2 Å². The maximum Gasteiger partial charge on any atom is 0.309 e. The molecule has 2 N–H and O–H groups in total. The molecule has 80 valence electrons. The molecule has 0 aromatic heterocycles. The van der Waals surface area contributed by atoms with Crippen LogP contribution in [0.1, 0.15) is 18.4 Å². The SMILES string of the molecule is O=C(O)C1(Cc2c(O)cccc2Br)CC1. The van der Waals surface area contributed by atoms with Gasteiger partial charge in [-0.2, -0.15) is 0 Å². The van der Waals surface area contributed by atoms with Gasteiger partial charge in [0.15, 0.2) is 0 Å². The number of aliphatic carboxylic acids is 1. The first-order chi connectivity index (χ1) is 7.05. The van der Waals surface area contributed by atoms with E-state index in [1.807, 2.05) is 6.07 Å². The van der Waals surface area contributed by atoms with Crippen molar-refractivity contribution in [2.75, 3.05) is 0 Å². The van der Waals surface area contributed by atoms with Gasteiger partial charge in [0, 0.05) is 10.0 Å². The average Bonchev–Trinajstić information content (AvgIpc) is 2.93. The minimum absolute atomic E-state index is 0.164. The molecule has 1 aliphatic carbocycles. The molecular formula is C11H11BrO3. The molecule has 3 nitrogen and oxygen atoms in total. The fourth-order valence-electron chi connectivity index (χ4n) is 1.68. The molecule has 1 aromatic carbocycles. The molecular weight excluding hydrogens is 260 g/mol. The van der Waals surface area contributed by atoms with E-state index in [0.717, 1.165) is 4.47 Å². The second-order valence-electron chi connectivity index (χ2n) is 4.00. The third-order valence-electron chi connectivity index (χ3n) is 2.92. The molecule has 1 fully saturated rings. The van der Waals surface area contributed by atoms with Crippen molar-refractivity contribution >= 4 is 21.9 Å². The van der Waals surface area contributed by atoms with E-state index in [2.05, 4.69) is 15.9 Å². The van der Waals surface area contributed by atoms with E-state index in [-0.39, 0.29) is 5.75 Å². The highest BCUT2D eigenvalue weighted by Crippen LogP contribution is 2.50. The standard InChI is InChI=1S/C11H11BrO3/c12-8-2-1-3-9(13)7(8)6-11(4-5-11)10(14)15/h1-3,13H,4-6H2,(H,14,15). The first kappa shape index (κ1) is 10.5. The number of carbonyl (C=O) groups is 1. The first-order valence-corrected chi connectivity index (χ1v) is 5.54. The third kappa shape index (κ3) is 1.86. The monoisotopic (exact) mass is 270 g/mol. The summed E-state index contributed by atoms with van der Waals surface area (Å²) >= 11 is 3.32. The number of benzene rings is 1. The van der Waals surface area contributed by atoms with Crippen molar-refractivity contribution in [3.63, 3.8) is 0 Å². The largest absolute Gasteiger partial charge is 0.508 e. The van der Waals surface area contributed by atoms with Gasteiger partial charge < -0.3 is 10.2 Å². The number of carboxylic acids is 1. The Hall–Kier alpha value is -1.03. The molecule has 1 aromatic rings. The normalized spacial score (nSPS) is 17.4. The molecule has 0 unspecified atom stereocenters. The van der Waals surface area contributed by atoms with Crippen molar-refractivity contribution in [2.24, 2.45) is 5.41 Å². The number of phenols is 1. The summed E-state index contributed by atoms with van der Waals surface area (Å²) in [7, 11) is 0. The van der Waals surface area contributed by atoms with Crippen molar-refractivity contribution in [2.45, 2.75) is 19.3 Å². The first-order valence-electron chi connectivity index (χ1n) is 4.75. The van der Waals surface area contributed by atoms with E-state index in [1.165, 1.54) is 0 Å². The Balaban J connectivity index is 2.29. The highest BCUT2D eigenvalue weighted by Gasteiger charge is 2.50. The number of rotatable bonds is 3. The van der Waals surface area contributed by atoms with Crippen LogP contribution in [-0.2, 0) is 11.2 Å². The molecule has 4 heteroatoms. The van der Waals surface area contributed by atoms with Crippen LogP contribution in [0.4, 0.5) is 0 Å². The van der Waals surface area contributed by atoms with Crippen LogP contribution in [0.3, 0.4) is 0 Å². The summed E-state index contributed by atoms with van der Waals surface area (Å²) in [6.07, 6.45) is 1.79. The zero-order valence-corrected chi connectivity index (χ0v) is 9.62. The summed E-state index contributed by atoms with van der Waals surface area (Å²) in [6.45, 7) is 0. The van der Waals surface area contributed by atoms with E-state index in [1.54, 1.807) is 12.1 Å². The van der Waals surface area contributed by atoms with Gasteiger partial charge in [0.05, 0.1) is 5.41 Å². The van der Waals surface area contributed by atoms with E-state index in [9.17, 15) is 9.90 Å². The van der Waals surface area contributed by atoms with Crippen molar-refractivity contribution < 1.29 is 15.0 Å². The van der Waals surface area contributed by atoms with Gasteiger partial charge in [-0.25, -0.2) is 0 Å². The zero-order chi connectivity index (χ0) is 11.1. The van der Waals surface area contributed by atoms with Gasteiger partial charge in [-0.15, -0.1) is 0 Å². The van der Waals surface area contributed by atoms with E-state index in [4.69, 9.17) is 5.11 Å². The topological polar surface area (TPSA) is 57.5 Å². The van der Waals surface area contributed by atoms with Crippen LogP contribution >= 0.6 is 15.9 Å². The van der Waals surface area contributed by atoms with Crippen LogP contribution in [0.15, 0.2) is 22.7 Å². The van der Waals surface area contributed by atoms with Gasteiger partial charge in [-0.05, 0) is 31.4 Å². The fourth-order valence-corrected chi connectivity index (χ4v) is 2.17. The molecule has 1 saturated carbocycles. The molecule has 2 rings (SSSR count). The lowest BCUT2D eigenvalue weighted by Crippen LogP contribution is -2.17. The lowest BCUT2D eigenvalue weighted by Gasteiger charge is -2.12. The fraction of sp³-hybridized carbons (Fsp3) is 0.364. The highest BCUT2D eigenvalue weighted by atomic mass is 79.9. The van der Waals surface area contributed by atoms with Crippen LogP contribution in [0.25, 0.3) is 0 Å². The van der Waals surface area contributed by atoms with Crippen molar-refractivity contribution in [3.8, 4) is 5.75 Å². The lowest BCUT2D eigenvalue weighted by molar-refractivity contribution is -0.143. The smallest absolute Gasteiger partial charge is 0.309 e. The van der Waals surface area contributed by atoms with E-state index in [0.29, 0.717) is 24.8 Å². The van der Waals surface area contributed by atoms with Crippen LogP contribution < -0.4 is 0 Å². The molecule has 0 saturated heterocycles. The Kier molecular flexibility index (Phi) is 2.46. The summed E-state index contributed by atoms with van der Waals surface area (Å²) in [4.78, 5) is 11.0. The van der Waals surface area contributed by atoms with Crippen LogP contribution in [0, 0.1) is 5.41 Å². The van der Waals surface area contributed by atoms with Gasteiger partial charge in [-0.1, -0.05) is 22.0 Å². The summed E-state index contributed by atoms with van der Waals surface area (Å²) in [6, 6.07) is 5.12. The second kappa shape index (κ2) is 3.52. The number of carboxylic acid groups (broad SMARTS) is 1. The molecule has 0 spiro atoms.